The molecule has 1 aliphatic rings. The number of hydrogen-bond donors (Lipinski definition) is 0. The lowest BCUT2D eigenvalue weighted by Gasteiger charge is -2.20. The first-order valence-corrected chi connectivity index (χ1v) is 9.37. The van der Waals surface area contributed by atoms with Crippen LogP contribution in [0.4, 0.5) is 0 Å². The minimum absolute atomic E-state index is 0.0587. The number of rotatable bonds is 4. The van der Waals surface area contributed by atoms with E-state index < -0.39 is 5.92 Å². The summed E-state index contributed by atoms with van der Waals surface area (Å²) in [4.78, 5) is 35.2. The fraction of sp³-hybridized carbons (Fsp3) is 0.250. The number of aldehydes is 1. The minimum Gasteiger partial charge on any atom is -0.302 e. The molecule has 3 rings (SSSR count). The molecular weight excluding hydrogens is 366 g/mol. The van der Waals surface area contributed by atoms with Gasteiger partial charge >= 0.3 is 0 Å². The summed E-state index contributed by atoms with van der Waals surface area (Å²) >= 11 is 8.74. The van der Waals surface area contributed by atoms with Crippen molar-refractivity contribution in [2.75, 3.05) is 12.8 Å². The lowest BCUT2D eigenvalue weighted by molar-refractivity contribution is -0.130. The quantitative estimate of drug-likeness (QED) is 0.603. The van der Waals surface area contributed by atoms with Crippen LogP contribution < -0.4 is 0 Å². The maximum atomic E-state index is 12.7. The van der Waals surface area contributed by atoms with Gasteiger partial charge in [-0.1, -0.05) is 53.7 Å². The van der Waals surface area contributed by atoms with E-state index in [-0.39, 0.29) is 11.9 Å². The molecule has 0 aliphatic carbocycles. The normalized spacial score (nSPS) is 18.1. The largest absolute Gasteiger partial charge is 0.302 e. The molecule has 1 aromatic carbocycles. The molecule has 1 aromatic heterocycles. The molecule has 2 heterocycles. The number of carbonyl (C=O) groups excluding carboxylic acids is 2. The summed E-state index contributed by atoms with van der Waals surface area (Å²) in [5.74, 6) is -0.385. The van der Waals surface area contributed by atoms with E-state index in [4.69, 9.17) is 11.6 Å². The molecule has 124 valence electrons. The maximum absolute atomic E-state index is 12.7. The first kappa shape index (κ1) is 17.1. The Morgan fingerprint density at radius 1 is 1.42 bits per heavy atom. The molecule has 1 amide bonds. The fourth-order valence-corrected chi connectivity index (χ4v) is 4.50. The molecule has 1 aliphatic heterocycles. The molecule has 0 saturated heterocycles. The Morgan fingerprint density at radius 3 is 2.79 bits per heavy atom. The number of thiazole rings is 1. The van der Waals surface area contributed by atoms with Gasteiger partial charge in [-0.25, -0.2) is 4.98 Å². The van der Waals surface area contributed by atoms with E-state index in [2.05, 4.69) is 9.98 Å². The Hall–Kier alpha value is -1.70. The third kappa shape index (κ3) is 3.53. The van der Waals surface area contributed by atoms with Crippen LogP contribution in [0.25, 0.3) is 0 Å². The summed E-state index contributed by atoms with van der Waals surface area (Å²) < 4.78 is 0.480. The second-order valence-electron chi connectivity index (χ2n) is 5.18. The van der Waals surface area contributed by atoms with Gasteiger partial charge in [-0.15, -0.1) is 11.3 Å². The summed E-state index contributed by atoms with van der Waals surface area (Å²) in [5, 5.41) is 0.609. The van der Waals surface area contributed by atoms with Gasteiger partial charge in [0, 0.05) is 19.0 Å². The number of amides is 1. The van der Waals surface area contributed by atoms with Gasteiger partial charge in [0.05, 0.1) is 10.9 Å². The summed E-state index contributed by atoms with van der Waals surface area (Å²) in [6.45, 7) is 0. The van der Waals surface area contributed by atoms with E-state index in [1.54, 1.807) is 25.4 Å². The fourth-order valence-electron chi connectivity index (χ4n) is 2.35. The second-order valence-corrected chi connectivity index (χ2v) is 7.81. The molecule has 0 spiro atoms. The summed E-state index contributed by atoms with van der Waals surface area (Å²) in [5.41, 5.74) is 0.679. The van der Waals surface area contributed by atoms with Gasteiger partial charge in [0.15, 0.2) is 9.63 Å². The third-order valence-electron chi connectivity index (χ3n) is 3.64. The molecule has 8 heteroatoms. The van der Waals surface area contributed by atoms with Crippen molar-refractivity contribution in [3.8, 4) is 0 Å². The van der Waals surface area contributed by atoms with Crippen molar-refractivity contribution in [1.29, 1.82) is 0 Å². The molecular formula is C16H14ClN3O2S2. The van der Waals surface area contributed by atoms with Gasteiger partial charge < -0.3 is 4.79 Å². The van der Waals surface area contributed by atoms with Crippen molar-refractivity contribution in [2.24, 2.45) is 4.99 Å². The molecule has 0 N–H and O–H groups in total. The standard InChI is InChI=1S/C16H14ClN3O2S2/c1-20(14(22)11(8-21)10-5-3-2-4-6-10)16-19-12(9-23-16)13-7-18-15(17)24-13/h2-8,11-12H,9H2,1H3. The Kier molecular flexibility index (Phi) is 5.33. The van der Waals surface area contributed by atoms with E-state index in [1.807, 2.05) is 18.2 Å². The van der Waals surface area contributed by atoms with Gasteiger partial charge in [0.1, 0.15) is 12.2 Å². The second kappa shape index (κ2) is 7.46. The molecule has 0 radical (unpaired) electrons. The highest BCUT2D eigenvalue weighted by molar-refractivity contribution is 8.14. The Bertz CT molecular complexity index is 779. The summed E-state index contributed by atoms with van der Waals surface area (Å²) in [7, 11) is 1.65. The number of thioether (sulfide) groups is 1. The number of amidine groups is 1. The molecule has 2 atom stereocenters. The van der Waals surface area contributed by atoms with Crippen molar-refractivity contribution in [3.05, 3.63) is 51.4 Å². The number of carbonyl (C=O) groups is 2. The van der Waals surface area contributed by atoms with Gasteiger partial charge in [0.2, 0.25) is 5.91 Å². The molecule has 0 saturated carbocycles. The van der Waals surface area contributed by atoms with Crippen LogP contribution in [0.2, 0.25) is 4.47 Å². The maximum Gasteiger partial charge on any atom is 0.243 e. The zero-order valence-corrected chi connectivity index (χ0v) is 15.1. The highest BCUT2D eigenvalue weighted by atomic mass is 35.5. The van der Waals surface area contributed by atoms with E-state index in [0.717, 1.165) is 10.6 Å². The zero-order valence-electron chi connectivity index (χ0n) is 12.8. The molecule has 2 aromatic rings. The molecule has 5 nitrogen and oxygen atoms in total. The number of nitrogens with zero attached hydrogens (tertiary/aromatic N) is 3. The predicted molar refractivity (Wildman–Crippen MR) is 97.8 cm³/mol. The summed E-state index contributed by atoms with van der Waals surface area (Å²) in [6.07, 6.45) is 2.39. The Balaban J connectivity index is 1.77. The van der Waals surface area contributed by atoms with Crippen LogP contribution in [-0.2, 0) is 9.59 Å². The van der Waals surface area contributed by atoms with Crippen LogP contribution in [0.1, 0.15) is 22.4 Å². The highest BCUT2D eigenvalue weighted by Crippen LogP contribution is 2.35. The SMILES string of the molecule is CN(C(=O)C(C=O)c1ccccc1)C1=NC(c2cnc(Cl)s2)CS1. The molecule has 24 heavy (non-hydrogen) atoms. The third-order valence-corrected chi connectivity index (χ3v) is 5.97. The predicted octanol–water partition coefficient (Wildman–Crippen LogP) is 3.38. The van der Waals surface area contributed by atoms with Crippen LogP contribution in [0.5, 0.6) is 0 Å². The van der Waals surface area contributed by atoms with E-state index >= 15 is 0 Å². The minimum atomic E-state index is -0.823. The molecule has 0 fully saturated rings. The van der Waals surface area contributed by atoms with Crippen LogP contribution in [-0.4, -0.2) is 40.0 Å². The number of benzene rings is 1. The highest BCUT2D eigenvalue weighted by Gasteiger charge is 2.30. The monoisotopic (exact) mass is 379 g/mol. The van der Waals surface area contributed by atoms with Crippen molar-refractivity contribution in [3.63, 3.8) is 0 Å². The number of aliphatic imine (C=N–C) groups is 1. The topological polar surface area (TPSA) is 62.6 Å². The van der Waals surface area contributed by atoms with Gasteiger partial charge in [-0.05, 0) is 5.56 Å². The zero-order chi connectivity index (χ0) is 17.1. The van der Waals surface area contributed by atoms with Gasteiger partial charge in [-0.3, -0.25) is 14.7 Å². The first-order chi connectivity index (χ1) is 11.6. The van der Waals surface area contributed by atoms with Crippen molar-refractivity contribution >= 4 is 52.1 Å². The van der Waals surface area contributed by atoms with E-state index in [9.17, 15) is 9.59 Å². The lowest BCUT2D eigenvalue weighted by Crippen LogP contribution is -2.35. The van der Waals surface area contributed by atoms with Crippen molar-refractivity contribution < 1.29 is 9.59 Å². The Morgan fingerprint density at radius 2 is 2.17 bits per heavy atom. The first-order valence-electron chi connectivity index (χ1n) is 7.19. The number of hydrogen-bond acceptors (Lipinski definition) is 6. The van der Waals surface area contributed by atoms with Crippen LogP contribution in [0, 0.1) is 0 Å². The number of aromatic nitrogens is 1. The van der Waals surface area contributed by atoms with Crippen molar-refractivity contribution in [2.45, 2.75) is 12.0 Å². The van der Waals surface area contributed by atoms with Gasteiger partial charge in [0.25, 0.3) is 0 Å². The van der Waals surface area contributed by atoms with Gasteiger partial charge in [-0.2, -0.15) is 0 Å². The van der Waals surface area contributed by atoms with Crippen LogP contribution in [0.15, 0.2) is 41.5 Å². The molecule has 2 unspecified atom stereocenters. The van der Waals surface area contributed by atoms with Crippen LogP contribution >= 0.6 is 34.7 Å². The average molecular weight is 380 g/mol. The number of likely N-dealkylation sites (N-methyl/N-ethyl adjacent to an activating group) is 1. The van der Waals surface area contributed by atoms with Crippen LogP contribution in [0.3, 0.4) is 0 Å². The summed E-state index contributed by atoms with van der Waals surface area (Å²) in [6, 6.07) is 8.96. The average Bonchev–Trinajstić information content (AvgIpc) is 3.24. The molecule has 0 bridgehead atoms. The lowest BCUT2D eigenvalue weighted by atomic mass is 9.99. The van der Waals surface area contributed by atoms with Crippen molar-refractivity contribution in [1.82, 2.24) is 9.88 Å². The van der Waals surface area contributed by atoms with E-state index in [0.29, 0.717) is 21.5 Å². The Labute approximate surface area is 152 Å². The number of halogens is 1. The smallest absolute Gasteiger partial charge is 0.243 e. The van der Waals surface area contributed by atoms with E-state index in [1.165, 1.54) is 28.0 Å².